The average molecular weight is 675 g/mol. The Balaban J connectivity index is 1.53. The Hall–Kier alpha value is -4.00. The normalized spacial score (nSPS) is 19.0. The van der Waals surface area contributed by atoms with Crippen LogP contribution in [0.4, 0.5) is 13.6 Å². The summed E-state index contributed by atoms with van der Waals surface area (Å²) in [5, 5.41) is 2.29. The molecule has 0 aliphatic carbocycles. The molecule has 0 saturated carbocycles. The number of carbonyl (C=O) groups is 2. The van der Waals surface area contributed by atoms with E-state index in [1.807, 2.05) is 6.07 Å². The summed E-state index contributed by atoms with van der Waals surface area (Å²) in [5.74, 6) is -3.30. The number of aromatic nitrogens is 1. The van der Waals surface area contributed by atoms with Gasteiger partial charge < -0.3 is 33.7 Å². The van der Waals surface area contributed by atoms with E-state index in [9.17, 15) is 9.59 Å². The van der Waals surface area contributed by atoms with Gasteiger partial charge >= 0.3 is 12.1 Å². The quantitative estimate of drug-likeness (QED) is 0.184. The molecule has 10 nitrogen and oxygen atoms in total. The third-order valence-electron chi connectivity index (χ3n) is 7.68. The van der Waals surface area contributed by atoms with Crippen LogP contribution in [0.15, 0.2) is 42.6 Å². The van der Waals surface area contributed by atoms with Gasteiger partial charge in [0, 0.05) is 42.0 Å². The van der Waals surface area contributed by atoms with E-state index < -0.39 is 45.8 Å². The van der Waals surface area contributed by atoms with Crippen LogP contribution < -0.4 is 14.8 Å². The zero-order valence-corrected chi connectivity index (χ0v) is 27.4. The average Bonchev–Trinajstić information content (AvgIpc) is 3.42. The molecule has 1 fully saturated rings. The molecular weight excluding hydrogens is 638 g/mol. The number of esters is 1. The molecule has 1 N–H and O–H groups in total. The van der Waals surface area contributed by atoms with Crippen LogP contribution in [0.1, 0.15) is 61.5 Å². The summed E-state index contributed by atoms with van der Waals surface area (Å²) in [6.45, 7) is 5.72. The van der Waals surface area contributed by atoms with Crippen LogP contribution in [0.3, 0.4) is 0 Å². The van der Waals surface area contributed by atoms with Crippen molar-refractivity contribution in [2.75, 3.05) is 33.5 Å². The number of hydrogen-bond donors (Lipinski definition) is 1. The van der Waals surface area contributed by atoms with Crippen molar-refractivity contribution in [1.29, 1.82) is 0 Å². The first-order chi connectivity index (χ1) is 22.4. The van der Waals surface area contributed by atoms with E-state index in [1.54, 1.807) is 45.0 Å². The van der Waals surface area contributed by atoms with Gasteiger partial charge in [-0.1, -0.05) is 41.9 Å². The van der Waals surface area contributed by atoms with Crippen LogP contribution >= 0.6 is 11.6 Å². The zero-order chi connectivity index (χ0) is 33.8. The molecule has 0 radical (unpaired) electrons. The molecule has 1 saturated heterocycles. The van der Waals surface area contributed by atoms with Gasteiger partial charge in [0.15, 0.2) is 17.7 Å². The number of hydrogen-bond acceptors (Lipinski definition) is 9. The molecule has 0 spiro atoms. The topological polar surface area (TPSA) is 114 Å². The predicted molar refractivity (Wildman–Crippen MR) is 168 cm³/mol. The summed E-state index contributed by atoms with van der Waals surface area (Å²) in [7, 11) is 1.13. The number of alkyl carbamates (subject to hydrolysis) is 1. The Morgan fingerprint density at radius 2 is 1.89 bits per heavy atom. The van der Waals surface area contributed by atoms with Gasteiger partial charge in [-0.3, -0.25) is 0 Å². The molecule has 3 aromatic rings. The van der Waals surface area contributed by atoms with Gasteiger partial charge in [-0.05, 0) is 45.6 Å². The molecule has 0 bridgehead atoms. The Morgan fingerprint density at radius 3 is 2.57 bits per heavy atom. The van der Waals surface area contributed by atoms with Gasteiger partial charge in [-0.15, -0.1) is 0 Å². The number of nitrogens with zero attached hydrogens (tertiary/aromatic N) is 1. The second kappa shape index (κ2) is 14.4. The van der Waals surface area contributed by atoms with Gasteiger partial charge in [0.25, 0.3) is 5.88 Å². The number of nitrogens with one attached hydrogen (secondary N) is 1. The minimum Gasteiger partial charge on any atom is -0.480 e. The Kier molecular flexibility index (Phi) is 10.5. The Labute approximate surface area is 276 Å². The summed E-state index contributed by atoms with van der Waals surface area (Å²) >= 11 is 6.57. The first-order valence-corrected chi connectivity index (χ1v) is 15.7. The van der Waals surface area contributed by atoms with Crippen LogP contribution in [-0.4, -0.2) is 62.4 Å². The van der Waals surface area contributed by atoms with Crippen molar-refractivity contribution in [3.63, 3.8) is 0 Å². The number of ether oxygens (including phenoxy) is 6. The zero-order valence-electron chi connectivity index (χ0n) is 26.6. The first-order valence-electron chi connectivity index (χ1n) is 15.3. The van der Waals surface area contributed by atoms with E-state index in [2.05, 4.69) is 10.3 Å². The minimum absolute atomic E-state index is 0.00523. The number of amides is 1. The summed E-state index contributed by atoms with van der Waals surface area (Å²) in [6.07, 6.45) is 2.72. The second-order valence-corrected chi connectivity index (χ2v) is 12.6. The molecule has 2 aliphatic rings. The van der Waals surface area contributed by atoms with Gasteiger partial charge in [-0.25, -0.2) is 23.4 Å². The maximum Gasteiger partial charge on any atom is 0.407 e. The lowest BCUT2D eigenvalue weighted by Crippen LogP contribution is -2.45. The lowest BCUT2D eigenvalue weighted by atomic mass is 9.85. The summed E-state index contributed by atoms with van der Waals surface area (Å²) < 4.78 is 65.5. The van der Waals surface area contributed by atoms with Crippen molar-refractivity contribution in [1.82, 2.24) is 10.3 Å². The van der Waals surface area contributed by atoms with E-state index in [0.717, 1.165) is 38.6 Å². The largest absolute Gasteiger partial charge is 0.480 e. The van der Waals surface area contributed by atoms with Crippen molar-refractivity contribution >= 4 is 23.7 Å². The molecule has 252 valence electrons. The molecule has 3 heterocycles. The molecule has 1 unspecified atom stereocenters. The van der Waals surface area contributed by atoms with E-state index in [1.165, 1.54) is 0 Å². The van der Waals surface area contributed by atoms with Gasteiger partial charge in [-0.2, -0.15) is 0 Å². The van der Waals surface area contributed by atoms with Gasteiger partial charge in [0.1, 0.15) is 23.8 Å². The third kappa shape index (κ3) is 7.77. The molecule has 2 aliphatic heterocycles. The minimum atomic E-state index is -1.28. The van der Waals surface area contributed by atoms with E-state index in [4.69, 9.17) is 40.0 Å². The fraction of sp³-hybridized carbons (Fsp3) is 0.441. The number of rotatable bonds is 10. The fourth-order valence-electron chi connectivity index (χ4n) is 5.57. The number of halogens is 3. The molecule has 47 heavy (non-hydrogen) atoms. The maximum atomic E-state index is 16.4. The van der Waals surface area contributed by atoms with E-state index in [-0.39, 0.29) is 54.9 Å². The predicted octanol–water partition coefficient (Wildman–Crippen LogP) is 6.74. The van der Waals surface area contributed by atoms with Crippen LogP contribution in [0, 0.1) is 11.6 Å². The smallest absolute Gasteiger partial charge is 0.407 e. The highest BCUT2D eigenvalue weighted by Crippen LogP contribution is 2.50. The Bertz CT molecular complexity index is 1610. The van der Waals surface area contributed by atoms with E-state index in [0.29, 0.717) is 17.7 Å². The molecule has 2 aromatic carbocycles. The highest BCUT2D eigenvalue weighted by atomic mass is 35.5. The first kappa shape index (κ1) is 34.3. The standard InChI is InChI=1S/C34H37ClF2N2O8/c1-33(2,3)47-32(41)39-19-34(20-10-6-5-7-11-20)17-21-24(46-34)16-23(36)28(35)26(21)27-22(31(40)42-4)18-38-30(29(27)37)45-15-14-44-25-12-8-9-13-43-25/h5-7,10-11,16,18,25H,8-9,12-15,17,19H2,1-4H3,(H,39,41)/t25?,34-/m1/s1. The number of methoxy groups -OCH3 is 1. The van der Waals surface area contributed by atoms with Gasteiger partial charge in [0.2, 0.25) is 0 Å². The highest BCUT2D eigenvalue weighted by molar-refractivity contribution is 6.34. The molecule has 1 aromatic heterocycles. The van der Waals surface area contributed by atoms with Crippen molar-refractivity contribution in [3.8, 4) is 22.8 Å². The van der Waals surface area contributed by atoms with Crippen LogP contribution in [0.5, 0.6) is 11.6 Å². The fourth-order valence-corrected chi connectivity index (χ4v) is 5.84. The third-order valence-corrected chi connectivity index (χ3v) is 8.05. The number of benzene rings is 2. The van der Waals surface area contributed by atoms with Crippen molar-refractivity contribution in [2.24, 2.45) is 0 Å². The summed E-state index contributed by atoms with van der Waals surface area (Å²) in [4.78, 5) is 29.6. The molecule has 13 heteroatoms. The lowest BCUT2D eigenvalue weighted by molar-refractivity contribution is -0.165. The summed E-state index contributed by atoms with van der Waals surface area (Å²) in [6, 6.07) is 10.1. The molecular formula is C34H37ClF2N2O8. The second-order valence-electron chi connectivity index (χ2n) is 12.2. The number of fused-ring (bicyclic) bond motifs is 1. The maximum absolute atomic E-state index is 16.4. The van der Waals surface area contributed by atoms with Crippen molar-refractivity contribution in [2.45, 2.75) is 63.9 Å². The molecule has 5 rings (SSSR count). The monoisotopic (exact) mass is 674 g/mol. The number of pyridine rings is 1. The highest BCUT2D eigenvalue weighted by Gasteiger charge is 2.45. The molecule has 1 amide bonds. The van der Waals surface area contributed by atoms with Gasteiger partial charge in [0.05, 0.1) is 30.8 Å². The lowest BCUT2D eigenvalue weighted by Gasteiger charge is -2.30. The van der Waals surface area contributed by atoms with Crippen molar-refractivity contribution < 1.29 is 46.8 Å². The summed E-state index contributed by atoms with van der Waals surface area (Å²) in [5.41, 5.74) is -1.90. The van der Waals surface area contributed by atoms with E-state index >= 15 is 8.78 Å². The van der Waals surface area contributed by atoms with Crippen LogP contribution in [0.2, 0.25) is 5.02 Å². The van der Waals surface area contributed by atoms with Crippen LogP contribution in [-0.2, 0) is 31.0 Å². The van der Waals surface area contributed by atoms with Crippen molar-refractivity contribution in [3.05, 3.63) is 75.9 Å². The SMILES string of the molecule is COC(=O)c1cnc(OCCOC2CCCCO2)c(F)c1-c1c(Cl)c(F)cc2c1C[C@@](CNC(=O)OC(C)(C)C)(c1ccccc1)O2. The Morgan fingerprint density at radius 1 is 1.13 bits per heavy atom. The number of carbonyl (C=O) groups excluding carboxylic acids is 2. The molecule has 2 atom stereocenters. The van der Waals surface area contributed by atoms with Crippen LogP contribution in [0.25, 0.3) is 11.1 Å².